The van der Waals surface area contributed by atoms with E-state index in [0.29, 0.717) is 12.1 Å². The van der Waals surface area contributed by atoms with Crippen LogP contribution in [0.2, 0.25) is 0 Å². The Bertz CT molecular complexity index is 572. The molecule has 0 aliphatic rings. The fourth-order valence-corrected chi connectivity index (χ4v) is 1.86. The summed E-state index contributed by atoms with van der Waals surface area (Å²) in [6, 6.07) is 10.6. The molecule has 0 saturated carbocycles. The van der Waals surface area contributed by atoms with E-state index in [0.717, 1.165) is 5.56 Å². The van der Waals surface area contributed by atoms with Gasteiger partial charge in [-0.25, -0.2) is 8.78 Å². The molecule has 0 radical (unpaired) electrons. The van der Waals surface area contributed by atoms with Gasteiger partial charge in [-0.2, -0.15) is 0 Å². The van der Waals surface area contributed by atoms with Gasteiger partial charge in [-0.05, 0) is 30.7 Å². The highest BCUT2D eigenvalue weighted by molar-refractivity contribution is 5.33. The number of aromatic hydroxyl groups is 1. The number of phenols is 1. The molecule has 0 saturated heterocycles. The lowest BCUT2D eigenvalue weighted by atomic mass is 10.1. The van der Waals surface area contributed by atoms with Crippen LogP contribution in [0.25, 0.3) is 0 Å². The van der Waals surface area contributed by atoms with Gasteiger partial charge in [0.05, 0.1) is 0 Å². The maximum absolute atomic E-state index is 13.2. The fourth-order valence-electron chi connectivity index (χ4n) is 1.86. The summed E-state index contributed by atoms with van der Waals surface area (Å²) in [4.78, 5) is 0. The highest BCUT2D eigenvalue weighted by Gasteiger charge is 2.09. The molecule has 100 valence electrons. The van der Waals surface area contributed by atoms with Crippen molar-refractivity contribution in [2.24, 2.45) is 0 Å². The summed E-state index contributed by atoms with van der Waals surface area (Å²) in [7, 11) is 0. The minimum absolute atomic E-state index is 0.0987. The zero-order valence-corrected chi connectivity index (χ0v) is 10.5. The minimum Gasteiger partial charge on any atom is -0.505 e. The van der Waals surface area contributed by atoms with Crippen LogP contribution in [-0.2, 0) is 6.54 Å². The van der Waals surface area contributed by atoms with E-state index in [1.54, 1.807) is 18.2 Å². The van der Waals surface area contributed by atoms with Crippen LogP contribution in [0.5, 0.6) is 5.75 Å². The van der Waals surface area contributed by atoms with Crippen LogP contribution in [0.3, 0.4) is 0 Å². The first kappa shape index (κ1) is 13.5. The minimum atomic E-state index is -0.641. The zero-order chi connectivity index (χ0) is 13.8. The number of hydrogen-bond donors (Lipinski definition) is 2. The maximum Gasteiger partial charge on any atom is 0.165 e. The number of phenolic OH excluding ortho intramolecular Hbond substituents is 1. The smallest absolute Gasteiger partial charge is 0.165 e. The summed E-state index contributed by atoms with van der Waals surface area (Å²) >= 11 is 0. The molecule has 2 aromatic carbocycles. The Morgan fingerprint density at radius 3 is 2.63 bits per heavy atom. The lowest BCUT2D eigenvalue weighted by molar-refractivity contribution is 0.420. The van der Waals surface area contributed by atoms with Crippen molar-refractivity contribution >= 4 is 0 Å². The Hall–Kier alpha value is -1.94. The molecule has 19 heavy (non-hydrogen) atoms. The third-order valence-electron chi connectivity index (χ3n) is 3.02. The summed E-state index contributed by atoms with van der Waals surface area (Å²) in [5.41, 5.74) is 1.28. The van der Waals surface area contributed by atoms with Crippen LogP contribution in [0, 0.1) is 11.6 Å². The summed E-state index contributed by atoms with van der Waals surface area (Å²) in [5, 5.41) is 12.7. The van der Waals surface area contributed by atoms with Crippen molar-refractivity contribution in [1.29, 1.82) is 0 Å². The van der Waals surface area contributed by atoms with E-state index >= 15 is 0 Å². The summed E-state index contributed by atoms with van der Waals surface area (Å²) in [6.45, 7) is 2.19. The average molecular weight is 263 g/mol. The molecule has 2 rings (SSSR count). The van der Waals surface area contributed by atoms with Crippen molar-refractivity contribution in [2.75, 3.05) is 0 Å². The summed E-state index contributed by atoms with van der Waals surface area (Å²) in [5.74, 6) is -1.28. The third kappa shape index (κ3) is 3.29. The molecule has 0 spiro atoms. The van der Waals surface area contributed by atoms with Crippen LogP contribution >= 0.6 is 0 Å². The van der Waals surface area contributed by atoms with Gasteiger partial charge in [0, 0.05) is 18.2 Å². The number of rotatable bonds is 4. The van der Waals surface area contributed by atoms with E-state index in [4.69, 9.17) is 0 Å². The van der Waals surface area contributed by atoms with Gasteiger partial charge in [-0.3, -0.25) is 0 Å². The second kappa shape index (κ2) is 5.80. The molecule has 0 aliphatic carbocycles. The number of hydrogen-bond acceptors (Lipinski definition) is 2. The van der Waals surface area contributed by atoms with Crippen LogP contribution in [0.4, 0.5) is 8.78 Å². The quantitative estimate of drug-likeness (QED) is 0.884. The Morgan fingerprint density at radius 2 is 1.89 bits per heavy atom. The Balaban J connectivity index is 2.04. The predicted molar refractivity (Wildman–Crippen MR) is 69.7 cm³/mol. The van der Waals surface area contributed by atoms with Gasteiger partial charge in [0.1, 0.15) is 5.82 Å². The molecule has 0 aliphatic heterocycles. The Kier molecular flexibility index (Phi) is 4.12. The van der Waals surface area contributed by atoms with E-state index in [-0.39, 0.29) is 17.6 Å². The van der Waals surface area contributed by atoms with Gasteiger partial charge in [0.2, 0.25) is 0 Å². The summed E-state index contributed by atoms with van der Waals surface area (Å²) < 4.78 is 26.2. The van der Waals surface area contributed by atoms with E-state index in [1.165, 1.54) is 18.2 Å². The van der Waals surface area contributed by atoms with E-state index in [9.17, 15) is 13.9 Å². The molecular weight excluding hydrogens is 248 g/mol. The molecule has 2 N–H and O–H groups in total. The van der Waals surface area contributed by atoms with Crippen LogP contribution < -0.4 is 5.32 Å². The van der Waals surface area contributed by atoms with Crippen molar-refractivity contribution < 1.29 is 13.9 Å². The van der Waals surface area contributed by atoms with Gasteiger partial charge >= 0.3 is 0 Å². The SMILES string of the molecule is C[C@H](NCc1cccc(F)c1O)c1cccc(F)c1. The topological polar surface area (TPSA) is 32.3 Å². The lowest BCUT2D eigenvalue weighted by Crippen LogP contribution is -2.18. The highest BCUT2D eigenvalue weighted by Crippen LogP contribution is 2.21. The van der Waals surface area contributed by atoms with E-state index in [2.05, 4.69) is 5.32 Å². The number of para-hydroxylation sites is 1. The Morgan fingerprint density at radius 1 is 1.16 bits per heavy atom. The van der Waals surface area contributed by atoms with Gasteiger partial charge < -0.3 is 10.4 Å². The fraction of sp³-hybridized carbons (Fsp3) is 0.200. The van der Waals surface area contributed by atoms with Crippen LogP contribution in [-0.4, -0.2) is 5.11 Å². The van der Waals surface area contributed by atoms with Crippen molar-refractivity contribution in [2.45, 2.75) is 19.5 Å². The normalized spacial score (nSPS) is 12.4. The standard InChI is InChI=1S/C15H15F2NO/c1-10(11-4-2-6-13(16)8-11)18-9-12-5-3-7-14(17)15(12)19/h2-8,10,18-19H,9H2,1H3/t10-/m0/s1. The highest BCUT2D eigenvalue weighted by atomic mass is 19.1. The number of halogens is 2. The van der Waals surface area contributed by atoms with Crippen molar-refractivity contribution in [1.82, 2.24) is 5.32 Å². The molecule has 2 nitrogen and oxygen atoms in total. The molecule has 1 atom stereocenters. The lowest BCUT2D eigenvalue weighted by Gasteiger charge is -2.15. The average Bonchev–Trinajstić information content (AvgIpc) is 2.40. The molecule has 0 bridgehead atoms. The zero-order valence-electron chi connectivity index (χ0n) is 10.5. The van der Waals surface area contributed by atoms with E-state index < -0.39 is 5.82 Å². The molecule has 0 unspecified atom stereocenters. The molecule has 0 amide bonds. The molecule has 0 fully saturated rings. The van der Waals surface area contributed by atoms with Gasteiger partial charge in [-0.15, -0.1) is 0 Å². The van der Waals surface area contributed by atoms with Gasteiger partial charge in [0.25, 0.3) is 0 Å². The van der Waals surface area contributed by atoms with Crippen LogP contribution in [0.15, 0.2) is 42.5 Å². The second-order valence-corrected chi connectivity index (χ2v) is 4.41. The first-order valence-corrected chi connectivity index (χ1v) is 6.03. The largest absolute Gasteiger partial charge is 0.505 e. The van der Waals surface area contributed by atoms with Crippen molar-refractivity contribution in [3.8, 4) is 5.75 Å². The van der Waals surface area contributed by atoms with E-state index in [1.807, 2.05) is 13.0 Å². The monoisotopic (exact) mass is 263 g/mol. The van der Waals surface area contributed by atoms with Crippen LogP contribution in [0.1, 0.15) is 24.1 Å². The molecular formula is C15H15F2NO. The molecule has 0 heterocycles. The maximum atomic E-state index is 13.2. The predicted octanol–water partition coefficient (Wildman–Crippen LogP) is 3.52. The molecule has 2 aromatic rings. The van der Waals surface area contributed by atoms with Gasteiger partial charge in [0.15, 0.2) is 11.6 Å². The van der Waals surface area contributed by atoms with Gasteiger partial charge in [-0.1, -0.05) is 24.3 Å². The van der Waals surface area contributed by atoms with Crippen molar-refractivity contribution in [3.05, 3.63) is 65.2 Å². The number of benzene rings is 2. The molecule has 4 heteroatoms. The summed E-state index contributed by atoms with van der Waals surface area (Å²) in [6.07, 6.45) is 0. The molecule has 0 aromatic heterocycles. The second-order valence-electron chi connectivity index (χ2n) is 4.41. The van der Waals surface area contributed by atoms with Crippen molar-refractivity contribution in [3.63, 3.8) is 0 Å². The first-order valence-electron chi connectivity index (χ1n) is 6.03. The third-order valence-corrected chi connectivity index (χ3v) is 3.02. The number of nitrogens with one attached hydrogen (secondary N) is 1. The Labute approximate surface area is 110 Å². The first-order chi connectivity index (χ1) is 9.08.